The van der Waals surface area contributed by atoms with Crippen molar-refractivity contribution in [2.45, 2.75) is 45.4 Å². The fraction of sp³-hybridized carbons (Fsp3) is 0.500. The SMILES string of the molecule is C[C@H]1CN(CCCCNC(=O)Nc2cccc(Cn3cccnc3=O)c2)C[C@H](C)O1. The lowest BCUT2D eigenvalue weighted by molar-refractivity contribution is -0.0681. The van der Waals surface area contributed by atoms with Gasteiger partial charge < -0.3 is 15.4 Å². The van der Waals surface area contributed by atoms with Crippen LogP contribution in [0.25, 0.3) is 0 Å². The molecule has 0 radical (unpaired) electrons. The molecule has 8 heteroatoms. The second kappa shape index (κ2) is 10.9. The number of benzene rings is 1. The number of hydrogen-bond donors (Lipinski definition) is 2. The molecule has 0 saturated carbocycles. The zero-order valence-electron chi connectivity index (χ0n) is 17.7. The molecule has 1 fully saturated rings. The van der Waals surface area contributed by atoms with Crippen LogP contribution in [0.15, 0.2) is 47.5 Å². The van der Waals surface area contributed by atoms with Crippen molar-refractivity contribution in [2.75, 3.05) is 31.5 Å². The average molecular weight is 414 g/mol. The van der Waals surface area contributed by atoms with Crippen molar-refractivity contribution in [3.05, 3.63) is 58.8 Å². The first-order valence-corrected chi connectivity index (χ1v) is 10.5. The maximum Gasteiger partial charge on any atom is 0.347 e. The monoisotopic (exact) mass is 413 g/mol. The summed E-state index contributed by atoms with van der Waals surface area (Å²) in [7, 11) is 0. The minimum atomic E-state index is -0.297. The van der Waals surface area contributed by atoms with Crippen molar-refractivity contribution in [3.8, 4) is 0 Å². The van der Waals surface area contributed by atoms with Crippen LogP contribution in [0.2, 0.25) is 0 Å². The Hall–Kier alpha value is -2.71. The van der Waals surface area contributed by atoms with Gasteiger partial charge in [-0.15, -0.1) is 0 Å². The number of unbranched alkanes of at least 4 members (excludes halogenated alkanes) is 1. The Kier molecular flexibility index (Phi) is 7.98. The van der Waals surface area contributed by atoms with Gasteiger partial charge in [-0.2, -0.15) is 0 Å². The van der Waals surface area contributed by atoms with E-state index in [0.717, 1.165) is 38.0 Å². The Morgan fingerprint density at radius 3 is 2.77 bits per heavy atom. The third kappa shape index (κ3) is 6.96. The first-order chi connectivity index (χ1) is 14.5. The number of carbonyl (C=O) groups excluding carboxylic acids is 1. The summed E-state index contributed by atoms with van der Waals surface area (Å²) in [4.78, 5) is 30.1. The lowest BCUT2D eigenvalue weighted by atomic mass is 10.2. The maximum atomic E-state index is 12.2. The van der Waals surface area contributed by atoms with E-state index in [1.807, 2.05) is 24.3 Å². The van der Waals surface area contributed by atoms with E-state index in [1.54, 1.807) is 12.3 Å². The summed E-state index contributed by atoms with van der Waals surface area (Å²) in [6.45, 7) is 8.22. The second-order valence-electron chi connectivity index (χ2n) is 7.84. The number of nitrogens with one attached hydrogen (secondary N) is 2. The predicted octanol–water partition coefficient (Wildman–Crippen LogP) is 2.30. The molecular weight excluding hydrogens is 382 g/mol. The van der Waals surface area contributed by atoms with Gasteiger partial charge in [0.1, 0.15) is 0 Å². The molecule has 1 aliphatic rings. The smallest absolute Gasteiger partial charge is 0.347 e. The fourth-order valence-electron chi connectivity index (χ4n) is 3.76. The average Bonchev–Trinajstić information content (AvgIpc) is 2.69. The van der Waals surface area contributed by atoms with E-state index in [0.29, 0.717) is 18.8 Å². The Morgan fingerprint density at radius 2 is 2.00 bits per heavy atom. The Bertz CT molecular complexity index is 875. The van der Waals surface area contributed by atoms with Gasteiger partial charge in [0.05, 0.1) is 18.8 Å². The summed E-state index contributed by atoms with van der Waals surface area (Å²) in [5.74, 6) is 0. The maximum absolute atomic E-state index is 12.2. The summed E-state index contributed by atoms with van der Waals surface area (Å²) < 4.78 is 7.28. The number of carbonyl (C=O) groups is 1. The minimum Gasteiger partial charge on any atom is -0.373 e. The molecule has 1 aliphatic heterocycles. The van der Waals surface area contributed by atoms with Gasteiger partial charge in [-0.3, -0.25) is 9.47 Å². The van der Waals surface area contributed by atoms with Crippen LogP contribution in [0.4, 0.5) is 10.5 Å². The van der Waals surface area contributed by atoms with Crippen LogP contribution in [0.5, 0.6) is 0 Å². The van der Waals surface area contributed by atoms with Crippen molar-refractivity contribution < 1.29 is 9.53 Å². The molecule has 2 atom stereocenters. The van der Waals surface area contributed by atoms with Crippen LogP contribution in [-0.4, -0.2) is 58.9 Å². The Labute approximate surface area is 177 Å². The van der Waals surface area contributed by atoms with Crippen molar-refractivity contribution in [1.82, 2.24) is 19.8 Å². The first-order valence-electron chi connectivity index (χ1n) is 10.5. The van der Waals surface area contributed by atoms with Crippen LogP contribution in [0.1, 0.15) is 32.3 Å². The highest BCUT2D eigenvalue weighted by atomic mass is 16.5. The van der Waals surface area contributed by atoms with Gasteiger partial charge in [0, 0.05) is 37.7 Å². The highest BCUT2D eigenvalue weighted by Crippen LogP contribution is 2.12. The van der Waals surface area contributed by atoms with Crippen molar-refractivity contribution in [3.63, 3.8) is 0 Å². The molecule has 2 heterocycles. The largest absolute Gasteiger partial charge is 0.373 e. The normalized spacial score (nSPS) is 19.4. The molecule has 162 valence electrons. The lowest BCUT2D eigenvalue weighted by Crippen LogP contribution is -2.45. The van der Waals surface area contributed by atoms with E-state index in [9.17, 15) is 9.59 Å². The number of aromatic nitrogens is 2. The molecule has 8 nitrogen and oxygen atoms in total. The van der Waals surface area contributed by atoms with Crippen LogP contribution in [0, 0.1) is 0 Å². The zero-order valence-corrected chi connectivity index (χ0v) is 17.7. The number of ether oxygens (including phenoxy) is 1. The van der Waals surface area contributed by atoms with Gasteiger partial charge in [-0.05, 0) is 57.0 Å². The number of hydrogen-bond acceptors (Lipinski definition) is 5. The number of amides is 2. The number of nitrogens with zero attached hydrogens (tertiary/aromatic N) is 3. The van der Waals surface area contributed by atoms with Crippen molar-refractivity contribution in [2.24, 2.45) is 0 Å². The topological polar surface area (TPSA) is 88.5 Å². The summed E-state index contributed by atoms with van der Waals surface area (Å²) in [6.07, 6.45) is 5.70. The van der Waals surface area contributed by atoms with Gasteiger partial charge in [0.25, 0.3) is 0 Å². The van der Waals surface area contributed by atoms with Crippen LogP contribution < -0.4 is 16.3 Å². The highest BCUT2D eigenvalue weighted by molar-refractivity contribution is 5.89. The van der Waals surface area contributed by atoms with Gasteiger partial charge >= 0.3 is 11.7 Å². The highest BCUT2D eigenvalue weighted by Gasteiger charge is 2.21. The van der Waals surface area contributed by atoms with E-state index >= 15 is 0 Å². The molecule has 0 aliphatic carbocycles. The number of morpholine rings is 1. The van der Waals surface area contributed by atoms with Crippen molar-refractivity contribution >= 4 is 11.7 Å². The summed E-state index contributed by atoms with van der Waals surface area (Å²) >= 11 is 0. The van der Waals surface area contributed by atoms with E-state index in [-0.39, 0.29) is 23.9 Å². The van der Waals surface area contributed by atoms with Crippen LogP contribution in [0.3, 0.4) is 0 Å². The second-order valence-corrected chi connectivity index (χ2v) is 7.84. The molecule has 2 amide bonds. The third-order valence-corrected chi connectivity index (χ3v) is 5.00. The van der Waals surface area contributed by atoms with Gasteiger partial charge in [-0.1, -0.05) is 12.1 Å². The number of urea groups is 1. The lowest BCUT2D eigenvalue weighted by Gasteiger charge is -2.35. The van der Waals surface area contributed by atoms with Crippen LogP contribution in [-0.2, 0) is 11.3 Å². The van der Waals surface area contributed by atoms with E-state index < -0.39 is 0 Å². The molecule has 1 saturated heterocycles. The Morgan fingerprint density at radius 1 is 1.20 bits per heavy atom. The minimum absolute atomic E-state index is 0.223. The molecule has 0 bridgehead atoms. The molecule has 1 aromatic heterocycles. The summed E-state index contributed by atoms with van der Waals surface area (Å²) in [6, 6.07) is 8.96. The first kappa shape index (κ1) is 22.0. The standard InChI is InChI=1S/C22H31N5O3/c1-17-14-26(15-18(2)30-17)11-4-3-9-23-21(28)25-20-8-5-7-19(13-20)16-27-12-6-10-24-22(27)29/h5-8,10,12-13,17-18H,3-4,9,11,14-16H2,1-2H3,(H2,23,25,28)/t17-,18-/m0/s1. The zero-order chi connectivity index (χ0) is 21.3. The molecule has 0 unspecified atom stereocenters. The van der Waals surface area contributed by atoms with Gasteiger partial charge in [0.2, 0.25) is 0 Å². The Balaban J connectivity index is 1.38. The number of rotatable bonds is 8. The third-order valence-electron chi connectivity index (χ3n) is 5.00. The molecule has 1 aromatic carbocycles. The van der Waals surface area contributed by atoms with Crippen molar-refractivity contribution in [1.29, 1.82) is 0 Å². The fourth-order valence-corrected chi connectivity index (χ4v) is 3.76. The quantitative estimate of drug-likeness (QED) is 0.649. The van der Waals surface area contributed by atoms with E-state index in [4.69, 9.17) is 4.74 Å². The molecule has 0 spiro atoms. The summed E-state index contributed by atoms with van der Waals surface area (Å²) in [5.41, 5.74) is 1.31. The van der Waals surface area contributed by atoms with Crippen LogP contribution >= 0.6 is 0 Å². The molecular formula is C22H31N5O3. The van der Waals surface area contributed by atoms with E-state index in [2.05, 4.69) is 34.4 Å². The van der Waals surface area contributed by atoms with Gasteiger partial charge in [0.15, 0.2) is 0 Å². The molecule has 3 rings (SSSR count). The molecule has 30 heavy (non-hydrogen) atoms. The molecule has 2 N–H and O–H groups in total. The van der Waals surface area contributed by atoms with E-state index in [1.165, 1.54) is 10.8 Å². The number of anilines is 1. The molecule has 2 aromatic rings. The van der Waals surface area contributed by atoms with Gasteiger partial charge in [-0.25, -0.2) is 14.6 Å². The summed E-state index contributed by atoms with van der Waals surface area (Å²) in [5, 5.41) is 5.76. The predicted molar refractivity (Wildman–Crippen MR) is 117 cm³/mol.